The molecule has 2 aromatic rings. The van der Waals surface area contributed by atoms with Crippen molar-refractivity contribution in [3.8, 4) is 5.75 Å². The molecule has 0 aromatic heterocycles. The molecule has 9 heteroatoms. The molecule has 0 aliphatic heterocycles. The normalized spacial score (nSPS) is 17.9. The summed E-state index contributed by atoms with van der Waals surface area (Å²) in [5.41, 5.74) is 0.786. The molecular weight excluding hydrogens is 455 g/mol. The Morgan fingerprint density at radius 1 is 0.906 bits per heavy atom. The Hall–Kier alpha value is -2.77. The summed E-state index contributed by atoms with van der Waals surface area (Å²) < 4.78 is 5.91. The van der Waals surface area contributed by atoms with E-state index in [0.717, 1.165) is 0 Å². The second-order valence-corrected chi connectivity index (χ2v) is 8.43. The van der Waals surface area contributed by atoms with E-state index >= 15 is 0 Å². The van der Waals surface area contributed by atoms with Gasteiger partial charge in [0.15, 0.2) is 0 Å². The maximum Gasteiger partial charge on any atom is 0.306 e. The van der Waals surface area contributed by atoms with Gasteiger partial charge in [-0.25, -0.2) is 0 Å². The first-order valence-electron chi connectivity index (χ1n) is 10.3. The first-order valence-corrected chi connectivity index (χ1v) is 11.1. The molecule has 0 radical (unpaired) electrons. The van der Waals surface area contributed by atoms with Gasteiger partial charge >= 0.3 is 5.97 Å². The van der Waals surface area contributed by atoms with Gasteiger partial charge < -0.3 is 20.5 Å². The quantitative estimate of drug-likeness (QED) is 0.493. The lowest BCUT2D eigenvalue weighted by atomic mass is 9.87. The molecule has 0 saturated heterocycles. The minimum Gasteiger partial charge on any atom is -0.490 e. The molecule has 0 bridgehead atoms. The second-order valence-electron chi connectivity index (χ2n) is 7.59. The fraction of sp³-hybridized carbons (Fsp3) is 0.348. The highest BCUT2D eigenvalue weighted by Gasteiger charge is 2.26. The molecule has 3 N–H and O–H groups in total. The number of carboxylic acids is 1. The van der Waals surface area contributed by atoms with Crippen molar-refractivity contribution in [3.63, 3.8) is 0 Å². The highest BCUT2D eigenvalue weighted by atomic mass is 35.5. The maximum absolute atomic E-state index is 12.3. The summed E-state index contributed by atoms with van der Waals surface area (Å²) in [5.74, 6) is -0.995. The number of carbonyl (C=O) groups excluding carboxylic acids is 2. The Morgan fingerprint density at radius 3 is 2.12 bits per heavy atom. The fourth-order valence-electron chi connectivity index (χ4n) is 3.53. The third-order valence-electron chi connectivity index (χ3n) is 5.31. The number of amides is 2. The molecule has 0 heterocycles. The highest BCUT2D eigenvalue weighted by Crippen LogP contribution is 2.28. The van der Waals surface area contributed by atoms with E-state index < -0.39 is 5.97 Å². The van der Waals surface area contributed by atoms with Gasteiger partial charge in [-0.1, -0.05) is 23.2 Å². The highest BCUT2D eigenvalue weighted by molar-refractivity contribution is 6.36. The number of aliphatic carboxylic acids is 1. The van der Waals surface area contributed by atoms with Crippen LogP contribution in [-0.4, -0.2) is 42.1 Å². The van der Waals surface area contributed by atoms with Crippen LogP contribution in [0.3, 0.4) is 0 Å². The zero-order chi connectivity index (χ0) is 23.1. The van der Waals surface area contributed by atoms with Crippen LogP contribution in [0, 0.1) is 5.92 Å². The Bertz CT molecular complexity index is 973. The van der Waals surface area contributed by atoms with Gasteiger partial charge in [0.2, 0.25) is 0 Å². The van der Waals surface area contributed by atoms with E-state index in [4.69, 9.17) is 33.0 Å². The molecule has 3 rings (SSSR count). The number of hydrogen-bond acceptors (Lipinski definition) is 4. The third kappa shape index (κ3) is 6.61. The van der Waals surface area contributed by atoms with Crippen LogP contribution in [0.2, 0.25) is 10.0 Å². The van der Waals surface area contributed by atoms with Crippen LogP contribution in [-0.2, 0) is 4.79 Å². The molecule has 32 heavy (non-hydrogen) atoms. The lowest BCUT2D eigenvalue weighted by molar-refractivity contribution is -0.143. The van der Waals surface area contributed by atoms with E-state index in [1.54, 1.807) is 36.4 Å². The molecule has 0 atom stereocenters. The number of rotatable bonds is 8. The summed E-state index contributed by atoms with van der Waals surface area (Å²) in [6.45, 7) is 0.491. The molecule has 170 valence electrons. The number of carboxylic acid groups (broad SMARTS) is 1. The third-order valence-corrected chi connectivity index (χ3v) is 5.86. The van der Waals surface area contributed by atoms with Crippen LogP contribution in [0.15, 0.2) is 42.5 Å². The van der Waals surface area contributed by atoms with E-state index in [2.05, 4.69) is 10.6 Å². The smallest absolute Gasteiger partial charge is 0.306 e. The molecular formula is C23H24Cl2N2O5. The van der Waals surface area contributed by atoms with Crippen LogP contribution >= 0.6 is 23.2 Å². The molecule has 7 nitrogen and oxygen atoms in total. The van der Waals surface area contributed by atoms with E-state index in [9.17, 15) is 14.4 Å². The zero-order valence-electron chi connectivity index (χ0n) is 17.3. The van der Waals surface area contributed by atoms with Crippen molar-refractivity contribution < 1.29 is 24.2 Å². The maximum atomic E-state index is 12.3. The average Bonchev–Trinajstić information content (AvgIpc) is 2.77. The second kappa shape index (κ2) is 11.2. The first-order chi connectivity index (χ1) is 15.3. The molecule has 2 aromatic carbocycles. The van der Waals surface area contributed by atoms with Crippen LogP contribution in [0.5, 0.6) is 5.75 Å². The van der Waals surface area contributed by atoms with Gasteiger partial charge in [0, 0.05) is 23.7 Å². The Balaban J connectivity index is 1.40. The van der Waals surface area contributed by atoms with Crippen molar-refractivity contribution in [2.75, 3.05) is 13.1 Å². The molecule has 1 aliphatic carbocycles. The Labute approximate surface area is 196 Å². The van der Waals surface area contributed by atoms with Gasteiger partial charge in [-0.05, 0) is 68.1 Å². The molecule has 0 unspecified atom stereocenters. The van der Waals surface area contributed by atoms with Crippen LogP contribution in [0.1, 0.15) is 46.4 Å². The van der Waals surface area contributed by atoms with Crippen molar-refractivity contribution in [2.45, 2.75) is 31.8 Å². The number of carbonyl (C=O) groups is 3. The minimum atomic E-state index is -0.743. The van der Waals surface area contributed by atoms with E-state index in [1.807, 2.05) is 0 Å². The SMILES string of the molecule is O=C(NCCNC(=O)c1ccc(Cl)cc1Cl)c1ccc(OC2CCC(C(=O)O)CC2)cc1. The molecule has 1 saturated carbocycles. The minimum absolute atomic E-state index is 0.0111. The van der Waals surface area contributed by atoms with Crippen molar-refractivity contribution in [1.29, 1.82) is 0 Å². The lowest BCUT2D eigenvalue weighted by Gasteiger charge is -2.26. The molecule has 1 fully saturated rings. The predicted molar refractivity (Wildman–Crippen MR) is 122 cm³/mol. The summed E-state index contributed by atoms with van der Waals surface area (Å²) in [5, 5.41) is 15.2. The van der Waals surface area contributed by atoms with Crippen LogP contribution < -0.4 is 15.4 Å². The van der Waals surface area contributed by atoms with Crippen molar-refractivity contribution in [3.05, 3.63) is 63.6 Å². The van der Waals surface area contributed by atoms with E-state index in [0.29, 0.717) is 47.6 Å². The Kier molecular flexibility index (Phi) is 8.36. The van der Waals surface area contributed by atoms with Gasteiger partial charge in [-0.2, -0.15) is 0 Å². The predicted octanol–water partition coefficient (Wildman–Crippen LogP) is 4.18. The van der Waals surface area contributed by atoms with E-state index in [1.165, 1.54) is 6.07 Å². The summed E-state index contributed by atoms with van der Waals surface area (Å²) in [7, 11) is 0. The number of nitrogens with one attached hydrogen (secondary N) is 2. The van der Waals surface area contributed by atoms with Crippen LogP contribution in [0.4, 0.5) is 0 Å². The number of benzene rings is 2. The lowest BCUT2D eigenvalue weighted by Crippen LogP contribution is -2.34. The number of ether oxygens (including phenoxy) is 1. The summed E-state index contributed by atoms with van der Waals surface area (Å²) >= 11 is 11.8. The van der Waals surface area contributed by atoms with Gasteiger partial charge in [0.05, 0.1) is 22.6 Å². The number of hydrogen-bond donors (Lipinski definition) is 3. The topological polar surface area (TPSA) is 105 Å². The monoisotopic (exact) mass is 478 g/mol. The summed E-state index contributed by atoms with van der Waals surface area (Å²) in [6.07, 6.45) is 2.61. The average molecular weight is 479 g/mol. The van der Waals surface area contributed by atoms with Crippen molar-refractivity contribution in [2.24, 2.45) is 5.92 Å². The molecule has 0 spiro atoms. The summed E-state index contributed by atoms with van der Waals surface area (Å²) in [6, 6.07) is 11.4. The largest absolute Gasteiger partial charge is 0.490 e. The fourth-order valence-corrected chi connectivity index (χ4v) is 4.02. The number of halogens is 2. The zero-order valence-corrected chi connectivity index (χ0v) is 18.8. The van der Waals surface area contributed by atoms with Crippen LogP contribution in [0.25, 0.3) is 0 Å². The van der Waals surface area contributed by atoms with Crippen molar-refractivity contribution in [1.82, 2.24) is 10.6 Å². The van der Waals surface area contributed by atoms with Gasteiger partial charge in [-0.3, -0.25) is 14.4 Å². The van der Waals surface area contributed by atoms with Crippen molar-refractivity contribution >= 4 is 41.0 Å². The standard InChI is InChI=1S/C23H24Cl2N2O5/c24-16-5-10-19(20(25)13-16)22(29)27-12-11-26-21(28)14-1-6-17(7-2-14)32-18-8-3-15(4-9-18)23(30)31/h1-2,5-7,10,13,15,18H,3-4,8-9,11-12H2,(H,26,28)(H,27,29)(H,30,31). The molecule has 2 amide bonds. The first kappa shape index (κ1) is 23.9. The van der Waals surface area contributed by atoms with Gasteiger partial charge in [0.1, 0.15) is 5.75 Å². The Morgan fingerprint density at radius 2 is 1.53 bits per heavy atom. The summed E-state index contributed by atoms with van der Waals surface area (Å²) in [4.78, 5) is 35.5. The van der Waals surface area contributed by atoms with Gasteiger partial charge in [0.25, 0.3) is 11.8 Å². The van der Waals surface area contributed by atoms with Gasteiger partial charge in [-0.15, -0.1) is 0 Å². The van der Waals surface area contributed by atoms with E-state index in [-0.39, 0.29) is 41.9 Å². The molecule has 1 aliphatic rings.